The normalized spacial score (nSPS) is 15.0. The molecule has 0 amide bonds. The monoisotopic (exact) mass is 327 g/mol. The summed E-state index contributed by atoms with van der Waals surface area (Å²) in [5.41, 5.74) is 2.28. The molecule has 116 valence electrons. The van der Waals surface area contributed by atoms with Gasteiger partial charge in [0.25, 0.3) is 0 Å². The molecule has 0 aliphatic rings. The highest BCUT2D eigenvalue weighted by atomic mass is 35.5. The van der Waals surface area contributed by atoms with Crippen LogP contribution in [0.3, 0.4) is 0 Å². The van der Waals surface area contributed by atoms with E-state index in [4.69, 9.17) is 0 Å². The highest BCUT2D eigenvalue weighted by Crippen LogP contribution is 2.25. The number of nitrogens with one attached hydrogen (secondary N) is 1. The predicted octanol–water partition coefficient (Wildman–Crippen LogP) is 3.22. The number of hydrogen-bond donors (Lipinski definition) is 3. The van der Waals surface area contributed by atoms with Crippen molar-refractivity contribution in [2.24, 2.45) is 0 Å². The molecule has 1 heterocycles. The van der Waals surface area contributed by atoms with Gasteiger partial charge in [-0.25, -0.2) is 0 Å². The molecule has 2 rings (SSSR count). The number of thiophene rings is 1. The molecular formula is C16H22ClNO2S. The lowest BCUT2D eigenvalue weighted by atomic mass is 10.0. The maximum atomic E-state index is 10.4. The molecule has 0 fully saturated rings. The van der Waals surface area contributed by atoms with Gasteiger partial charge < -0.3 is 15.5 Å². The largest absolute Gasteiger partial charge is 0.395 e. The molecule has 5 heteroatoms. The van der Waals surface area contributed by atoms with E-state index in [1.54, 1.807) is 0 Å². The fourth-order valence-corrected chi connectivity index (χ4v) is 3.16. The topological polar surface area (TPSA) is 52.5 Å². The molecule has 1 aromatic carbocycles. The summed E-state index contributed by atoms with van der Waals surface area (Å²) in [6.45, 7) is 3.93. The van der Waals surface area contributed by atoms with E-state index in [0.29, 0.717) is 0 Å². The van der Waals surface area contributed by atoms with Crippen LogP contribution in [0.4, 0.5) is 0 Å². The van der Waals surface area contributed by atoms with Crippen LogP contribution in [0, 0.1) is 6.92 Å². The number of benzene rings is 1. The van der Waals surface area contributed by atoms with E-state index >= 15 is 0 Å². The molecule has 1 aromatic heterocycles. The minimum Gasteiger partial charge on any atom is -0.395 e. The zero-order valence-corrected chi connectivity index (χ0v) is 13.8. The summed E-state index contributed by atoms with van der Waals surface area (Å²) >= 11 is 1.52. The lowest BCUT2D eigenvalue weighted by Gasteiger charge is -2.25. The van der Waals surface area contributed by atoms with Crippen LogP contribution in [0.5, 0.6) is 0 Å². The first-order valence-corrected chi connectivity index (χ1v) is 7.64. The van der Waals surface area contributed by atoms with Gasteiger partial charge in [0.15, 0.2) is 0 Å². The van der Waals surface area contributed by atoms with E-state index in [9.17, 15) is 10.2 Å². The van der Waals surface area contributed by atoms with Gasteiger partial charge in [0.05, 0.1) is 12.6 Å². The van der Waals surface area contributed by atoms with Crippen LogP contribution in [-0.2, 0) is 0 Å². The van der Waals surface area contributed by atoms with Crippen molar-refractivity contribution in [1.29, 1.82) is 0 Å². The maximum Gasteiger partial charge on any atom is 0.106 e. The van der Waals surface area contributed by atoms with Crippen molar-refractivity contribution >= 4 is 23.7 Å². The Balaban J connectivity index is 0.00000220. The molecule has 0 bridgehead atoms. The summed E-state index contributed by atoms with van der Waals surface area (Å²) in [6, 6.07) is 11.7. The molecule has 0 radical (unpaired) electrons. The van der Waals surface area contributed by atoms with Crippen LogP contribution in [-0.4, -0.2) is 22.9 Å². The number of aliphatic hydroxyl groups excluding tert-OH is 2. The first-order valence-electron chi connectivity index (χ1n) is 6.76. The van der Waals surface area contributed by atoms with E-state index in [1.165, 1.54) is 11.3 Å². The standard InChI is InChI=1S/C16H21NO2S.ClH/c1-11-8-15(20-10-11)16(19)14(9-18)17-12(2)13-6-4-3-5-7-13;/h3-8,10,12,14,16-19H,9H2,1-2H3;1H/t12?,14-,16-;/m0./s1. The minimum atomic E-state index is -0.690. The summed E-state index contributed by atoms with van der Waals surface area (Å²) in [4.78, 5) is 0.884. The molecule has 3 atom stereocenters. The van der Waals surface area contributed by atoms with Crippen molar-refractivity contribution in [3.8, 4) is 0 Å². The summed E-state index contributed by atoms with van der Waals surface area (Å²) in [7, 11) is 0. The first-order chi connectivity index (χ1) is 9.61. The quantitative estimate of drug-likeness (QED) is 0.763. The molecule has 0 spiro atoms. The van der Waals surface area contributed by atoms with Gasteiger partial charge in [-0.2, -0.15) is 0 Å². The summed E-state index contributed by atoms with van der Waals surface area (Å²) in [5, 5.41) is 25.2. The van der Waals surface area contributed by atoms with Gasteiger partial charge in [-0.15, -0.1) is 23.7 Å². The van der Waals surface area contributed by atoms with Crippen LogP contribution in [0.1, 0.15) is 35.1 Å². The maximum absolute atomic E-state index is 10.4. The van der Waals surface area contributed by atoms with Crippen LogP contribution in [0.2, 0.25) is 0 Å². The Kier molecular flexibility index (Phi) is 7.35. The van der Waals surface area contributed by atoms with Gasteiger partial charge in [0.2, 0.25) is 0 Å². The lowest BCUT2D eigenvalue weighted by molar-refractivity contribution is 0.0870. The Labute approximate surface area is 136 Å². The molecule has 0 saturated heterocycles. The third kappa shape index (κ3) is 4.80. The Bertz CT molecular complexity index is 532. The third-order valence-electron chi connectivity index (χ3n) is 3.38. The SMILES string of the molecule is Cc1csc([C@@H](O)[C@H](CO)NC(C)c2ccccc2)c1.Cl. The highest BCUT2D eigenvalue weighted by Gasteiger charge is 2.23. The van der Waals surface area contributed by atoms with Crippen molar-refractivity contribution < 1.29 is 10.2 Å². The smallest absolute Gasteiger partial charge is 0.106 e. The lowest BCUT2D eigenvalue weighted by Crippen LogP contribution is -2.39. The number of aliphatic hydroxyl groups is 2. The van der Waals surface area contributed by atoms with Gasteiger partial charge in [-0.3, -0.25) is 0 Å². The Hall–Kier alpha value is -0.910. The minimum absolute atomic E-state index is 0. The molecule has 21 heavy (non-hydrogen) atoms. The van der Waals surface area contributed by atoms with Gasteiger partial charge in [0.1, 0.15) is 6.10 Å². The number of hydrogen-bond acceptors (Lipinski definition) is 4. The highest BCUT2D eigenvalue weighted by molar-refractivity contribution is 7.10. The van der Waals surface area contributed by atoms with Crippen molar-refractivity contribution in [2.75, 3.05) is 6.61 Å². The van der Waals surface area contributed by atoms with Crippen molar-refractivity contribution in [3.05, 3.63) is 57.8 Å². The van der Waals surface area contributed by atoms with E-state index in [-0.39, 0.29) is 31.1 Å². The fourth-order valence-electron chi connectivity index (χ4n) is 2.21. The van der Waals surface area contributed by atoms with Crippen molar-refractivity contribution in [1.82, 2.24) is 5.32 Å². The second kappa shape index (κ2) is 8.51. The fraction of sp³-hybridized carbons (Fsp3) is 0.375. The predicted molar refractivity (Wildman–Crippen MR) is 90.1 cm³/mol. The number of aryl methyl sites for hydroxylation is 1. The van der Waals surface area contributed by atoms with E-state index in [0.717, 1.165) is 16.0 Å². The third-order valence-corrected chi connectivity index (χ3v) is 4.50. The van der Waals surface area contributed by atoms with Crippen LogP contribution in [0.25, 0.3) is 0 Å². The molecule has 0 aliphatic heterocycles. The Morgan fingerprint density at radius 2 is 1.90 bits per heavy atom. The van der Waals surface area contributed by atoms with E-state index in [1.807, 2.05) is 55.6 Å². The number of halogens is 1. The molecule has 3 N–H and O–H groups in total. The molecule has 0 saturated carbocycles. The molecule has 3 nitrogen and oxygen atoms in total. The number of rotatable bonds is 6. The van der Waals surface area contributed by atoms with Gasteiger partial charge in [0, 0.05) is 10.9 Å². The van der Waals surface area contributed by atoms with E-state index < -0.39 is 6.10 Å². The second-order valence-corrected chi connectivity index (χ2v) is 6.00. The summed E-state index contributed by atoms with van der Waals surface area (Å²) < 4.78 is 0. The van der Waals surface area contributed by atoms with Crippen LogP contribution >= 0.6 is 23.7 Å². The van der Waals surface area contributed by atoms with Gasteiger partial charge in [-0.1, -0.05) is 30.3 Å². The average Bonchev–Trinajstić information content (AvgIpc) is 2.91. The van der Waals surface area contributed by atoms with Crippen LogP contribution in [0.15, 0.2) is 41.8 Å². The summed E-state index contributed by atoms with van der Waals surface area (Å²) in [6.07, 6.45) is -0.690. The van der Waals surface area contributed by atoms with E-state index in [2.05, 4.69) is 5.32 Å². The zero-order chi connectivity index (χ0) is 14.5. The van der Waals surface area contributed by atoms with Crippen molar-refractivity contribution in [3.63, 3.8) is 0 Å². The molecule has 0 aliphatic carbocycles. The first kappa shape index (κ1) is 18.1. The Morgan fingerprint density at radius 3 is 2.43 bits per heavy atom. The zero-order valence-electron chi connectivity index (χ0n) is 12.2. The van der Waals surface area contributed by atoms with Gasteiger partial charge >= 0.3 is 0 Å². The van der Waals surface area contributed by atoms with Crippen LogP contribution < -0.4 is 5.32 Å². The Morgan fingerprint density at radius 1 is 1.24 bits per heavy atom. The molecule has 2 aromatic rings. The summed E-state index contributed by atoms with van der Waals surface area (Å²) in [5.74, 6) is 0. The van der Waals surface area contributed by atoms with Gasteiger partial charge in [-0.05, 0) is 36.4 Å². The van der Waals surface area contributed by atoms with Crippen molar-refractivity contribution in [2.45, 2.75) is 32.0 Å². The molecular weight excluding hydrogens is 306 g/mol. The molecule has 1 unspecified atom stereocenters. The second-order valence-electron chi connectivity index (χ2n) is 5.06. The average molecular weight is 328 g/mol.